The second kappa shape index (κ2) is 7.53. The van der Waals surface area contributed by atoms with Crippen LogP contribution in [0.4, 0.5) is 20.6 Å². The number of hydrogen-bond acceptors (Lipinski definition) is 2. The van der Waals surface area contributed by atoms with Crippen LogP contribution in [-0.4, -0.2) is 29.4 Å². The summed E-state index contributed by atoms with van der Waals surface area (Å²) >= 11 is 5.91. The van der Waals surface area contributed by atoms with Crippen molar-refractivity contribution in [3.8, 4) is 0 Å². The van der Waals surface area contributed by atoms with E-state index in [1.54, 1.807) is 30.3 Å². The molecule has 1 aliphatic rings. The van der Waals surface area contributed by atoms with Gasteiger partial charge < -0.3 is 15.5 Å². The Hall–Kier alpha value is -2.60. The number of nitrogens with one attached hydrogen (secondary N) is 2. The van der Waals surface area contributed by atoms with Crippen LogP contribution < -0.4 is 10.6 Å². The molecule has 2 aromatic carbocycles. The number of anilines is 2. The van der Waals surface area contributed by atoms with E-state index >= 15 is 0 Å². The van der Waals surface area contributed by atoms with Crippen LogP contribution >= 0.6 is 11.6 Å². The largest absolute Gasteiger partial charge is 0.324 e. The maximum Gasteiger partial charge on any atom is 0.322 e. The number of rotatable bonds is 3. The number of carbonyl (C=O) groups excluding carboxylic acids is 2. The maximum absolute atomic E-state index is 13.2. The van der Waals surface area contributed by atoms with Crippen LogP contribution in [0.15, 0.2) is 48.5 Å². The molecular weight excluding hydrogens is 345 g/mol. The van der Waals surface area contributed by atoms with E-state index < -0.39 is 11.9 Å². The van der Waals surface area contributed by atoms with Crippen molar-refractivity contribution in [2.45, 2.75) is 18.9 Å². The van der Waals surface area contributed by atoms with Gasteiger partial charge in [-0.05, 0) is 49.2 Å². The smallest absolute Gasteiger partial charge is 0.322 e. The van der Waals surface area contributed by atoms with Crippen molar-refractivity contribution in [3.63, 3.8) is 0 Å². The van der Waals surface area contributed by atoms with Crippen molar-refractivity contribution in [1.82, 2.24) is 4.90 Å². The highest BCUT2D eigenvalue weighted by atomic mass is 35.5. The Bertz CT molecular complexity index is 734. The van der Waals surface area contributed by atoms with E-state index in [9.17, 15) is 14.0 Å². The van der Waals surface area contributed by atoms with E-state index in [4.69, 9.17) is 11.6 Å². The lowest BCUT2D eigenvalue weighted by atomic mass is 10.2. The average molecular weight is 362 g/mol. The summed E-state index contributed by atoms with van der Waals surface area (Å²) in [5, 5.41) is 5.92. The molecule has 0 bridgehead atoms. The van der Waals surface area contributed by atoms with Gasteiger partial charge in [0.1, 0.15) is 11.9 Å². The molecule has 130 valence electrons. The van der Waals surface area contributed by atoms with E-state index in [1.165, 1.54) is 23.1 Å². The maximum atomic E-state index is 13.2. The molecular formula is C18H17ClFN3O2. The molecule has 5 nitrogen and oxygen atoms in total. The number of nitrogens with zero attached hydrogens (tertiary/aromatic N) is 1. The molecule has 3 amide bonds. The molecule has 0 unspecified atom stereocenters. The van der Waals surface area contributed by atoms with Crippen LogP contribution in [0.3, 0.4) is 0 Å². The summed E-state index contributed by atoms with van der Waals surface area (Å²) in [6, 6.07) is 11.5. The molecule has 0 aliphatic carbocycles. The third kappa shape index (κ3) is 4.28. The molecule has 0 radical (unpaired) electrons. The Labute approximate surface area is 149 Å². The van der Waals surface area contributed by atoms with Crippen LogP contribution in [0.5, 0.6) is 0 Å². The van der Waals surface area contributed by atoms with Crippen molar-refractivity contribution < 1.29 is 14.0 Å². The number of likely N-dealkylation sites (tertiary alicyclic amines) is 1. The molecule has 2 N–H and O–H groups in total. The Balaban J connectivity index is 1.67. The minimum absolute atomic E-state index is 0.329. The molecule has 7 heteroatoms. The first-order valence-electron chi connectivity index (χ1n) is 7.92. The van der Waals surface area contributed by atoms with Crippen LogP contribution in [-0.2, 0) is 4.79 Å². The monoisotopic (exact) mass is 361 g/mol. The summed E-state index contributed by atoms with van der Waals surface area (Å²) in [7, 11) is 0. The lowest BCUT2D eigenvalue weighted by molar-refractivity contribution is -0.119. The van der Waals surface area contributed by atoms with Crippen molar-refractivity contribution in [2.24, 2.45) is 0 Å². The summed E-state index contributed by atoms with van der Waals surface area (Å²) in [6.07, 6.45) is 1.29. The second-order valence-corrected chi connectivity index (χ2v) is 6.23. The number of benzene rings is 2. The summed E-state index contributed by atoms with van der Waals surface area (Å²) in [5.41, 5.74) is 0.931. The standard InChI is InChI=1S/C18H17ClFN3O2/c19-12-4-1-6-14(10-12)22-18(25)23-9-3-8-16(23)17(24)21-15-7-2-5-13(20)11-15/h1-2,4-7,10-11,16H,3,8-9H2,(H,21,24)(H,22,25)/t16-/m1/s1. The zero-order valence-corrected chi connectivity index (χ0v) is 14.1. The topological polar surface area (TPSA) is 61.4 Å². The van der Waals surface area contributed by atoms with Crippen molar-refractivity contribution >= 4 is 34.9 Å². The van der Waals surface area contributed by atoms with Crippen molar-refractivity contribution in [2.75, 3.05) is 17.2 Å². The predicted octanol–water partition coefficient (Wildman–Crippen LogP) is 4.11. The number of urea groups is 1. The third-order valence-corrected chi connectivity index (χ3v) is 4.22. The fourth-order valence-corrected chi connectivity index (χ4v) is 3.03. The number of hydrogen-bond donors (Lipinski definition) is 2. The first-order valence-corrected chi connectivity index (χ1v) is 8.30. The Kier molecular flexibility index (Phi) is 5.19. The summed E-state index contributed by atoms with van der Waals surface area (Å²) in [5.74, 6) is -0.760. The van der Waals surface area contributed by atoms with Gasteiger partial charge in [-0.2, -0.15) is 0 Å². The predicted molar refractivity (Wildman–Crippen MR) is 95.2 cm³/mol. The molecule has 2 aromatic rings. The van der Waals surface area contributed by atoms with Gasteiger partial charge in [0.15, 0.2) is 0 Å². The van der Waals surface area contributed by atoms with Gasteiger partial charge in [0, 0.05) is 22.9 Å². The highest BCUT2D eigenvalue weighted by molar-refractivity contribution is 6.30. The molecule has 3 rings (SSSR count). The first-order chi connectivity index (χ1) is 12.0. The van der Waals surface area contributed by atoms with Gasteiger partial charge in [0.05, 0.1) is 0 Å². The minimum Gasteiger partial charge on any atom is -0.324 e. The molecule has 0 aromatic heterocycles. The van der Waals surface area contributed by atoms with Gasteiger partial charge in [-0.3, -0.25) is 4.79 Å². The first kappa shape index (κ1) is 17.2. The molecule has 1 fully saturated rings. The van der Waals surface area contributed by atoms with E-state index in [2.05, 4.69) is 10.6 Å². The molecule has 0 saturated carbocycles. The average Bonchev–Trinajstić information content (AvgIpc) is 3.04. The zero-order chi connectivity index (χ0) is 17.8. The molecule has 1 atom stereocenters. The van der Waals surface area contributed by atoms with Crippen LogP contribution in [0.1, 0.15) is 12.8 Å². The highest BCUT2D eigenvalue weighted by Gasteiger charge is 2.34. The fourth-order valence-electron chi connectivity index (χ4n) is 2.84. The van der Waals surface area contributed by atoms with E-state index in [0.29, 0.717) is 29.4 Å². The zero-order valence-electron chi connectivity index (χ0n) is 13.3. The SMILES string of the molecule is O=C(Nc1cccc(F)c1)[C@H]1CCCN1C(=O)Nc1cccc(Cl)c1. The van der Waals surface area contributed by atoms with Crippen LogP contribution in [0, 0.1) is 5.82 Å². The van der Waals surface area contributed by atoms with Crippen molar-refractivity contribution in [3.05, 3.63) is 59.4 Å². The van der Waals surface area contributed by atoms with Crippen LogP contribution in [0.2, 0.25) is 5.02 Å². The second-order valence-electron chi connectivity index (χ2n) is 5.79. The Morgan fingerprint density at radius 3 is 2.52 bits per heavy atom. The van der Waals surface area contributed by atoms with Gasteiger partial charge in [-0.1, -0.05) is 23.7 Å². The van der Waals surface area contributed by atoms with E-state index in [0.717, 1.165) is 6.42 Å². The Morgan fingerprint density at radius 1 is 1.08 bits per heavy atom. The number of carbonyl (C=O) groups is 2. The molecule has 1 saturated heterocycles. The number of halogens is 2. The number of amides is 3. The van der Waals surface area contributed by atoms with Gasteiger partial charge in [-0.25, -0.2) is 9.18 Å². The lowest BCUT2D eigenvalue weighted by Gasteiger charge is -2.24. The molecule has 1 aliphatic heterocycles. The normalized spacial score (nSPS) is 16.6. The summed E-state index contributed by atoms with van der Waals surface area (Å²) in [4.78, 5) is 26.4. The van der Waals surface area contributed by atoms with Gasteiger partial charge in [0.25, 0.3) is 0 Å². The lowest BCUT2D eigenvalue weighted by Crippen LogP contribution is -2.45. The summed E-state index contributed by atoms with van der Waals surface area (Å²) < 4.78 is 13.2. The molecule has 1 heterocycles. The van der Waals surface area contributed by atoms with Gasteiger partial charge in [0.2, 0.25) is 5.91 Å². The highest BCUT2D eigenvalue weighted by Crippen LogP contribution is 2.22. The third-order valence-electron chi connectivity index (χ3n) is 3.98. The van der Waals surface area contributed by atoms with Gasteiger partial charge >= 0.3 is 6.03 Å². The summed E-state index contributed by atoms with van der Waals surface area (Å²) in [6.45, 7) is 0.480. The van der Waals surface area contributed by atoms with Gasteiger partial charge in [-0.15, -0.1) is 0 Å². The van der Waals surface area contributed by atoms with Crippen LogP contribution in [0.25, 0.3) is 0 Å². The van der Waals surface area contributed by atoms with Crippen molar-refractivity contribution in [1.29, 1.82) is 0 Å². The quantitative estimate of drug-likeness (QED) is 0.864. The fraction of sp³-hybridized carbons (Fsp3) is 0.222. The van der Waals surface area contributed by atoms with E-state index in [1.807, 2.05) is 0 Å². The Morgan fingerprint density at radius 2 is 1.80 bits per heavy atom. The minimum atomic E-state index is -0.595. The molecule has 0 spiro atoms. The molecule has 25 heavy (non-hydrogen) atoms. The van der Waals surface area contributed by atoms with E-state index in [-0.39, 0.29) is 11.9 Å².